The van der Waals surface area contributed by atoms with E-state index in [2.05, 4.69) is 35.1 Å². The molecule has 2 N–H and O–H groups in total. The number of H-pyrrole nitrogens is 1. The molecular formula is C17H25ClN4OS. The van der Waals surface area contributed by atoms with Gasteiger partial charge in [-0.05, 0) is 32.4 Å². The Bertz CT molecular complexity index is 697. The summed E-state index contributed by atoms with van der Waals surface area (Å²) in [7, 11) is 1.76. The Balaban J connectivity index is 1.73. The Hall–Kier alpha value is -0.950. The number of nitrogens with zero attached hydrogens (tertiary/aromatic N) is 2. The summed E-state index contributed by atoms with van der Waals surface area (Å²) in [5.41, 5.74) is 2.95. The number of aromatic amines is 1. The van der Waals surface area contributed by atoms with Gasteiger partial charge in [-0.3, -0.25) is 0 Å². The van der Waals surface area contributed by atoms with Crippen LogP contribution < -0.4 is 10.2 Å². The van der Waals surface area contributed by atoms with Gasteiger partial charge in [-0.15, -0.1) is 0 Å². The first-order valence-corrected chi connectivity index (χ1v) is 9.68. The normalized spacial score (nSPS) is 16.1. The van der Waals surface area contributed by atoms with E-state index in [-0.39, 0.29) is 5.60 Å². The zero-order chi connectivity index (χ0) is 17.2. The second-order valence-corrected chi connectivity index (χ2v) is 8.15. The second kappa shape index (κ2) is 7.52. The van der Waals surface area contributed by atoms with Crippen LogP contribution in [0.2, 0.25) is 5.02 Å². The van der Waals surface area contributed by atoms with E-state index >= 15 is 0 Å². The molecule has 0 radical (unpaired) electrons. The smallest absolute Gasteiger partial charge is 0.166 e. The Morgan fingerprint density at radius 3 is 2.79 bits per heavy atom. The molecule has 1 aliphatic rings. The number of rotatable bonds is 6. The van der Waals surface area contributed by atoms with Crippen molar-refractivity contribution in [3.05, 3.63) is 17.2 Å². The molecule has 2 heterocycles. The minimum Gasteiger partial charge on any atom is -0.379 e. The first-order valence-electron chi connectivity index (χ1n) is 8.31. The number of aromatic nitrogens is 2. The molecule has 24 heavy (non-hydrogen) atoms. The van der Waals surface area contributed by atoms with E-state index in [1.165, 1.54) is 0 Å². The monoisotopic (exact) mass is 368 g/mol. The zero-order valence-corrected chi connectivity index (χ0v) is 16.1. The van der Waals surface area contributed by atoms with E-state index in [0.717, 1.165) is 65.3 Å². The molecule has 2 aromatic rings. The number of thioether (sulfide) groups is 1. The fourth-order valence-electron chi connectivity index (χ4n) is 2.71. The molecule has 5 nitrogen and oxygen atoms in total. The molecule has 0 spiro atoms. The highest BCUT2D eigenvalue weighted by atomic mass is 35.5. The summed E-state index contributed by atoms with van der Waals surface area (Å²) in [6.45, 7) is 8.14. The largest absolute Gasteiger partial charge is 0.379 e. The van der Waals surface area contributed by atoms with Crippen LogP contribution in [0, 0.1) is 0 Å². The molecule has 1 aliphatic heterocycles. The number of nitrogens with one attached hydrogen (secondary N) is 2. The van der Waals surface area contributed by atoms with Gasteiger partial charge in [0.25, 0.3) is 0 Å². The van der Waals surface area contributed by atoms with Gasteiger partial charge >= 0.3 is 0 Å². The molecule has 0 saturated carbocycles. The van der Waals surface area contributed by atoms with Crippen LogP contribution in [0.25, 0.3) is 11.0 Å². The van der Waals surface area contributed by atoms with Crippen LogP contribution in [-0.4, -0.2) is 54.6 Å². The number of ether oxygens (including phenoxy) is 1. The van der Waals surface area contributed by atoms with Gasteiger partial charge in [-0.1, -0.05) is 23.4 Å². The molecule has 1 aromatic carbocycles. The van der Waals surface area contributed by atoms with Crippen molar-refractivity contribution in [3.63, 3.8) is 0 Å². The number of anilines is 1. The SMILES string of the molecule is COC(C)(C)CCSc1nc2cc(N3CCNCC3)c(Cl)cc2[nH]1. The molecule has 1 saturated heterocycles. The summed E-state index contributed by atoms with van der Waals surface area (Å²) in [4.78, 5) is 10.4. The van der Waals surface area contributed by atoms with Gasteiger partial charge in [0.05, 0.1) is 27.3 Å². The predicted octanol–water partition coefficient (Wildman–Crippen LogP) is 3.53. The maximum absolute atomic E-state index is 6.50. The van der Waals surface area contributed by atoms with Crippen LogP contribution in [0.5, 0.6) is 0 Å². The third-order valence-electron chi connectivity index (χ3n) is 4.48. The number of imidazole rings is 1. The summed E-state index contributed by atoms with van der Waals surface area (Å²) >= 11 is 8.22. The summed E-state index contributed by atoms with van der Waals surface area (Å²) in [5.74, 6) is 0.957. The first kappa shape index (κ1) is 17.9. The number of hydrogen-bond acceptors (Lipinski definition) is 5. The summed E-state index contributed by atoms with van der Waals surface area (Å²) in [5, 5.41) is 5.08. The third kappa shape index (κ3) is 4.17. The van der Waals surface area contributed by atoms with Gasteiger partial charge < -0.3 is 19.9 Å². The summed E-state index contributed by atoms with van der Waals surface area (Å²) in [6.07, 6.45) is 0.970. The highest BCUT2D eigenvalue weighted by molar-refractivity contribution is 7.99. The Morgan fingerprint density at radius 1 is 1.33 bits per heavy atom. The molecule has 132 valence electrons. The average molecular weight is 369 g/mol. The van der Waals surface area contributed by atoms with Gasteiger partial charge in [-0.2, -0.15) is 0 Å². The van der Waals surface area contributed by atoms with Gasteiger partial charge in [0.1, 0.15) is 0 Å². The number of benzene rings is 1. The molecule has 0 amide bonds. The Morgan fingerprint density at radius 2 is 2.08 bits per heavy atom. The van der Waals surface area contributed by atoms with Crippen LogP contribution in [0.4, 0.5) is 5.69 Å². The number of hydrogen-bond donors (Lipinski definition) is 2. The van der Waals surface area contributed by atoms with Crippen LogP contribution in [0.15, 0.2) is 17.3 Å². The number of halogens is 1. The lowest BCUT2D eigenvalue weighted by atomic mass is 10.1. The highest BCUT2D eigenvalue weighted by Gasteiger charge is 2.18. The van der Waals surface area contributed by atoms with E-state index in [1.807, 2.05) is 6.07 Å². The van der Waals surface area contributed by atoms with Crippen molar-refractivity contribution in [2.75, 3.05) is 43.9 Å². The van der Waals surface area contributed by atoms with Crippen molar-refractivity contribution >= 4 is 40.1 Å². The molecular weight excluding hydrogens is 344 g/mol. The van der Waals surface area contributed by atoms with Crippen molar-refractivity contribution in [1.82, 2.24) is 15.3 Å². The topological polar surface area (TPSA) is 53.2 Å². The van der Waals surface area contributed by atoms with E-state index < -0.39 is 0 Å². The van der Waals surface area contributed by atoms with E-state index in [9.17, 15) is 0 Å². The minimum atomic E-state index is -0.0994. The molecule has 1 fully saturated rings. The number of piperazine rings is 1. The van der Waals surface area contributed by atoms with Crippen molar-refractivity contribution < 1.29 is 4.74 Å². The lowest BCUT2D eigenvalue weighted by Crippen LogP contribution is -2.43. The van der Waals surface area contributed by atoms with Crippen molar-refractivity contribution in [2.24, 2.45) is 0 Å². The first-order chi connectivity index (χ1) is 11.5. The van der Waals surface area contributed by atoms with Crippen LogP contribution in [0.1, 0.15) is 20.3 Å². The Labute approximate surface area is 152 Å². The molecule has 1 aromatic heterocycles. The lowest BCUT2D eigenvalue weighted by Gasteiger charge is -2.30. The summed E-state index contributed by atoms with van der Waals surface area (Å²) in [6, 6.07) is 4.09. The molecule has 0 bridgehead atoms. The van der Waals surface area contributed by atoms with E-state index in [1.54, 1.807) is 18.9 Å². The maximum Gasteiger partial charge on any atom is 0.166 e. The zero-order valence-electron chi connectivity index (χ0n) is 14.5. The van der Waals surface area contributed by atoms with Gasteiger partial charge in [0, 0.05) is 39.0 Å². The van der Waals surface area contributed by atoms with Crippen molar-refractivity contribution in [1.29, 1.82) is 0 Å². The lowest BCUT2D eigenvalue weighted by molar-refractivity contribution is 0.0206. The highest BCUT2D eigenvalue weighted by Crippen LogP contribution is 2.32. The standard InChI is InChI=1S/C17H25ClN4OS/c1-17(2,23-3)4-9-24-16-20-13-10-12(18)15(11-14(13)21-16)22-7-5-19-6-8-22/h10-11,19H,4-9H2,1-3H3,(H,20,21). The quantitative estimate of drug-likeness (QED) is 0.764. The summed E-state index contributed by atoms with van der Waals surface area (Å²) < 4.78 is 5.46. The number of methoxy groups -OCH3 is 1. The van der Waals surface area contributed by atoms with Crippen LogP contribution in [0.3, 0.4) is 0 Å². The molecule has 0 aliphatic carbocycles. The molecule has 0 unspecified atom stereocenters. The predicted molar refractivity (Wildman–Crippen MR) is 103 cm³/mol. The van der Waals surface area contributed by atoms with Gasteiger partial charge in [-0.25, -0.2) is 4.98 Å². The Kier molecular flexibility index (Phi) is 5.59. The van der Waals surface area contributed by atoms with E-state index in [0.29, 0.717) is 0 Å². The minimum absolute atomic E-state index is 0.0994. The fourth-order valence-corrected chi connectivity index (χ4v) is 4.12. The van der Waals surface area contributed by atoms with Gasteiger partial charge in [0.15, 0.2) is 5.16 Å². The maximum atomic E-state index is 6.50. The molecule has 7 heteroatoms. The van der Waals surface area contributed by atoms with Crippen LogP contribution >= 0.6 is 23.4 Å². The second-order valence-electron chi connectivity index (χ2n) is 6.66. The van der Waals surface area contributed by atoms with Crippen molar-refractivity contribution in [3.8, 4) is 0 Å². The van der Waals surface area contributed by atoms with Crippen LogP contribution in [-0.2, 0) is 4.74 Å². The number of fused-ring (bicyclic) bond motifs is 1. The third-order valence-corrected chi connectivity index (χ3v) is 5.66. The van der Waals surface area contributed by atoms with E-state index in [4.69, 9.17) is 21.3 Å². The fraction of sp³-hybridized carbons (Fsp3) is 0.588. The molecule has 3 rings (SSSR count). The molecule has 0 atom stereocenters. The van der Waals surface area contributed by atoms with Gasteiger partial charge in [0.2, 0.25) is 0 Å². The van der Waals surface area contributed by atoms with Crippen molar-refractivity contribution in [2.45, 2.75) is 31.0 Å². The average Bonchev–Trinajstić information content (AvgIpc) is 2.96.